The van der Waals surface area contributed by atoms with Gasteiger partial charge in [-0.1, -0.05) is 58.1 Å². The van der Waals surface area contributed by atoms with Crippen LogP contribution in [0.1, 0.15) is 78.6 Å². The van der Waals surface area contributed by atoms with Crippen LogP contribution in [0.15, 0.2) is 11.6 Å². The molecule has 0 amide bonds. The normalized spacial score (nSPS) is 11.8. The Hall–Kier alpha value is 0.460. The second-order valence-electron chi connectivity index (χ2n) is 4.84. The van der Waals surface area contributed by atoms with Crippen molar-refractivity contribution in [2.24, 2.45) is 0 Å². The summed E-state index contributed by atoms with van der Waals surface area (Å²) in [5.41, 5.74) is 2.42. The van der Waals surface area contributed by atoms with Crippen LogP contribution in [0.4, 0.5) is 0 Å². The molecule has 0 aliphatic rings. The van der Waals surface area contributed by atoms with Crippen LogP contribution in [0.5, 0.6) is 0 Å². The molecule has 17 heavy (non-hydrogen) atoms. The van der Waals surface area contributed by atoms with Gasteiger partial charge in [-0.3, -0.25) is 0 Å². The molecule has 0 spiro atoms. The summed E-state index contributed by atoms with van der Waals surface area (Å²) in [7, 11) is 3.01. The van der Waals surface area contributed by atoms with Gasteiger partial charge in [0.05, 0.1) is 0 Å². The van der Waals surface area contributed by atoms with E-state index in [1.54, 1.807) is 5.57 Å². The van der Waals surface area contributed by atoms with Gasteiger partial charge in [0.15, 0.2) is 0 Å². The van der Waals surface area contributed by atoms with E-state index in [1.165, 1.54) is 57.8 Å². The number of rotatable bonds is 10. The summed E-state index contributed by atoms with van der Waals surface area (Å²) in [5.74, 6) is 0. The van der Waals surface area contributed by atoms with Crippen molar-refractivity contribution >= 4 is 21.6 Å². The van der Waals surface area contributed by atoms with E-state index in [0.717, 1.165) is 0 Å². The minimum absolute atomic E-state index is 0. The Bertz CT molecular complexity index is 168. The number of allylic oxidation sites excluding steroid dienone is 2. The predicted molar refractivity (Wildman–Crippen MR) is 87.4 cm³/mol. The molecule has 0 rings (SSSR count). The van der Waals surface area contributed by atoms with E-state index in [0.29, 0.717) is 5.66 Å². The van der Waals surface area contributed by atoms with Gasteiger partial charge in [0.1, 0.15) is 0 Å². The average molecular weight is 279 g/mol. The van der Waals surface area contributed by atoms with E-state index in [4.69, 9.17) is 0 Å². The van der Waals surface area contributed by atoms with E-state index in [-0.39, 0.29) is 12.4 Å². The summed E-state index contributed by atoms with van der Waals surface area (Å²) in [6.07, 6.45) is 14.6. The summed E-state index contributed by atoms with van der Waals surface area (Å²) in [6.45, 7) is 6.84. The van der Waals surface area contributed by atoms with Crippen LogP contribution in [0.2, 0.25) is 0 Å². The molecule has 2 atom stereocenters. The first-order valence-electron chi connectivity index (χ1n) is 7.19. The van der Waals surface area contributed by atoms with Gasteiger partial charge < -0.3 is 0 Å². The Labute approximate surface area is 118 Å². The van der Waals surface area contributed by atoms with Crippen LogP contribution in [-0.4, -0.2) is 5.66 Å². The van der Waals surface area contributed by atoms with Gasteiger partial charge in [-0.2, -0.15) is 0 Å². The molecule has 0 bridgehead atoms. The van der Waals surface area contributed by atoms with Crippen LogP contribution < -0.4 is 0 Å². The molecule has 2 heteroatoms. The van der Waals surface area contributed by atoms with Crippen molar-refractivity contribution in [1.29, 1.82) is 0 Å². The first kappa shape index (κ1) is 19.8. The standard InChI is InChI=1S/C15H31P.ClH/c1-4-7-10-14(11-8-5-2)13-15(16)12-9-6-3;/h13,15H,4-12,16H2,1-3H3;1H. The van der Waals surface area contributed by atoms with Gasteiger partial charge in [0, 0.05) is 0 Å². The first-order valence-corrected chi connectivity index (χ1v) is 7.86. The molecule has 0 N–H and O–H groups in total. The van der Waals surface area contributed by atoms with Crippen molar-refractivity contribution in [3.63, 3.8) is 0 Å². The lowest BCUT2D eigenvalue weighted by Gasteiger charge is -2.11. The SMILES string of the molecule is CCCCC(=CC(P)CCCC)CCCC.Cl. The highest BCUT2D eigenvalue weighted by Gasteiger charge is 2.02. The molecule has 0 fully saturated rings. The molecular formula is C15H32ClP. The Morgan fingerprint density at radius 3 is 1.82 bits per heavy atom. The molecule has 0 saturated heterocycles. The highest BCUT2D eigenvalue weighted by atomic mass is 35.5. The molecule has 0 aliphatic carbocycles. The molecule has 0 aromatic rings. The van der Waals surface area contributed by atoms with Crippen LogP contribution in [-0.2, 0) is 0 Å². The van der Waals surface area contributed by atoms with Gasteiger partial charge in [-0.05, 0) is 37.8 Å². The monoisotopic (exact) mass is 278 g/mol. The van der Waals surface area contributed by atoms with Crippen LogP contribution in [0, 0.1) is 0 Å². The summed E-state index contributed by atoms with van der Waals surface area (Å²) < 4.78 is 0. The summed E-state index contributed by atoms with van der Waals surface area (Å²) in [5, 5.41) is 0. The molecule has 104 valence electrons. The lowest BCUT2D eigenvalue weighted by atomic mass is 10.0. The third-order valence-corrected chi connectivity index (χ3v) is 3.57. The molecule has 0 aromatic carbocycles. The topological polar surface area (TPSA) is 0 Å². The van der Waals surface area contributed by atoms with E-state index in [2.05, 4.69) is 36.1 Å². The molecular weight excluding hydrogens is 247 g/mol. The maximum Gasteiger partial charge on any atom is -0.00830 e. The molecule has 0 aliphatic heterocycles. The van der Waals surface area contributed by atoms with Crippen molar-refractivity contribution in [3.05, 3.63) is 11.6 Å². The van der Waals surface area contributed by atoms with Crippen LogP contribution in [0.3, 0.4) is 0 Å². The third kappa shape index (κ3) is 12.7. The zero-order chi connectivity index (χ0) is 12.2. The Morgan fingerprint density at radius 1 is 0.941 bits per heavy atom. The van der Waals surface area contributed by atoms with Gasteiger partial charge in [-0.25, -0.2) is 0 Å². The van der Waals surface area contributed by atoms with Gasteiger partial charge in [0.25, 0.3) is 0 Å². The fourth-order valence-electron chi connectivity index (χ4n) is 1.93. The lowest BCUT2D eigenvalue weighted by Crippen LogP contribution is -1.96. The second-order valence-corrected chi connectivity index (χ2v) is 5.69. The van der Waals surface area contributed by atoms with Crippen LogP contribution in [0.25, 0.3) is 0 Å². The zero-order valence-corrected chi connectivity index (χ0v) is 14.0. The molecule has 0 heterocycles. The van der Waals surface area contributed by atoms with Gasteiger partial charge >= 0.3 is 0 Å². The molecule has 2 unspecified atom stereocenters. The van der Waals surface area contributed by atoms with Crippen molar-refractivity contribution in [2.75, 3.05) is 0 Å². The largest absolute Gasteiger partial charge is 0.147 e. The first-order chi connectivity index (χ1) is 7.74. The van der Waals surface area contributed by atoms with Crippen molar-refractivity contribution in [2.45, 2.75) is 84.2 Å². The van der Waals surface area contributed by atoms with Gasteiger partial charge in [0.2, 0.25) is 0 Å². The molecule has 0 radical (unpaired) electrons. The second kappa shape index (κ2) is 14.5. The molecule has 0 aromatic heterocycles. The van der Waals surface area contributed by atoms with E-state index in [1.807, 2.05) is 0 Å². The predicted octanol–water partition coefficient (Wildman–Crippen LogP) is 6.15. The number of halogens is 1. The maximum atomic E-state index is 3.01. The number of unbranched alkanes of at least 4 members (excludes halogenated alkanes) is 3. The zero-order valence-electron chi connectivity index (χ0n) is 12.0. The Morgan fingerprint density at radius 2 is 1.41 bits per heavy atom. The quantitative estimate of drug-likeness (QED) is 0.332. The molecule has 0 saturated carbocycles. The van der Waals surface area contributed by atoms with E-state index >= 15 is 0 Å². The third-order valence-electron chi connectivity index (χ3n) is 3.04. The van der Waals surface area contributed by atoms with Crippen LogP contribution >= 0.6 is 21.6 Å². The maximum absolute atomic E-state index is 3.01. The fourth-order valence-corrected chi connectivity index (χ4v) is 2.43. The average Bonchev–Trinajstić information content (AvgIpc) is 2.30. The Kier molecular flexibility index (Phi) is 16.9. The number of hydrogen-bond acceptors (Lipinski definition) is 0. The van der Waals surface area contributed by atoms with Crippen molar-refractivity contribution < 1.29 is 0 Å². The fraction of sp³-hybridized carbons (Fsp3) is 0.867. The van der Waals surface area contributed by atoms with Crippen molar-refractivity contribution in [3.8, 4) is 0 Å². The van der Waals surface area contributed by atoms with E-state index < -0.39 is 0 Å². The minimum Gasteiger partial charge on any atom is -0.147 e. The summed E-state index contributed by atoms with van der Waals surface area (Å²) in [4.78, 5) is 0. The smallest absolute Gasteiger partial charge is 0.00830 e. The summed E-state index contributed by atoms with van der Waals surface area (Å²) >= 11 is 0. The highest BCUT2D eigenvalue weighted by molar-refractivity contribution is 7.17. The summed E-state index contributed by atoms with van der Waals surface area (Å²) in [6, 6.07) is 0. The highest BCUT2D eigenvalue weighted by Crippen LogP contribution is 2.20. The van der Waals surface area contributed by atoms with Crippen molar-refractivity contribution in [1.82, 2.24) is 0 Å². The molecule has 0 nitrogen and oxygen atoms in total. The van der Waals surface area contributed by atoms with E-state index in [9.17, 15) is 0 Å². The minimum atomic E-state index is 0. The lowest BCUT2D eigenvalue weighted by molar-refractivity contribution is 0.695. The van der Waals surface area contributed by atoms with Gasteiger partial charge in [-0.15, -0.1) is 21.6 Å². The Balaban J connectivity index is 0. The number of hydrogen-bond donors (Lipinski definition) is 0.